The van der Waals surface area contributed by atoms with E-state index in [-0.39, 0.29) is 5.54 Å². The molecule has 1 unspecified atom stereocenters. The molecule has 13 heavy (non-hydrogen) atoms. The van der Waals surface area contributed by atoms with Crippen LogP contribution in [0.2, 0.25) is 0 Å². The molecule has 1 atom stereocenters. The minimum atomic E-state index is 0.149. The summed E-state index contributed by atoms with van der Waals surface area (Å²) < 4.78 is 5.38. The lowest BCUT2D eigenvalue weighted by atomic mass is 10.0. The molecule has 2 rings (SSSR count). The van der Waals surface area contributed by atoms with Crippen molar-refractivity contribution >= 4 is 5.84 Å². The quantitative estimate of drug-likeness (QED) is 0.664. The smallest absolute Gasteiger partial charge is 0.0968 e. The second-order valence-corrected chi connectivity index (χ2v) is 4.27. The molecule has 3 nitrogen and oxygen atoms in total. The summed E-state index contributed by atoms with van der Waals surface area (Å²) in [5, 5.41) is 3.52. The Morgan fingerprint density at radius 3 is 3.00 bits per heavy atom. The number of ether oxygens (including phenoxy) is 1. The molecule has 3 heteroatoms. The molecule has 0 bridgehead atoms. The van der Waals surface area contributed by atoms with Gasteiger partial charge in [0.15, 0.2) is 0 Å². The molecule has 0 saturated carbocycles. The first kappa shape index (κ1) is 9.00. The van der Waals surface area contributed by atoms with Crippen LogP contribution in [0.5, 0.6) is 0 Å². The fraction of sp³-hybridized carbons (Fsp3) is 0.900. The average molecular weight is 182 g/mol. The average Bonchev–Trinajstić information content (AvgIpc) is 2.54. The molecule has 1 saturated heterocycles. The van der Waals surface area contributed by atoms with E-state index in [2.05, 4.69) is 17.2 Å². The van der Waals surface area contributed by atoms with Crippen molar-refractivity contribution in [3.05, 3.63) is 0 Å². The predicted octanol–water partition coefficient (Wildman–Crippen LogP) is 1.34. The maximum Gasteiger partial charge on any atom is 0.0968 e. The van der Waals surface area contributed by atoms with Crippen LogP contribution < -0.4 is 5.32 Å². The van der Waals surface area contributed by atoms with Gasteiger partial charge in [-0.15, -0.1) is 0 Å². The lowest BCUT2D eigenvalue weighted by Gasteiger charge is -2.27. The number of hydrogen-bond acceptors (Lipinski definition) is 3. The van der Waals surface area contributed by atoms with E-state index in [0.29, 0.717) is 0 Å². The van der Waals surface area contributed by atoms with E-state index in [4.69, 9.17) is 4.74 Å². The number of amidine groups is 1. The van der Waals surface area contributed by atoms with Gasteiger partial charge in [-0.1, -0.05) is 0 Å². The van der Waals surface area contributed by atoms with Gasteiger partial charge in [0, 0.05) is 19.6 Å². The first-order valence-electron chi connectivity index (χ1n) is 5.18. The topological polar surface area (TPSA) is 33.6 Å². The fourth-order valence-electron chi connectivity index (χ4n) is 1.91. The van der Waals surface area contributed by atoms with Gasteiger partial charge in [0.2, 0.25) is 0 Å². The van der Waals surface area contributed by atoms with Gasteiger partial charge in [0.25, 0.3) is 0 Å². The molecule has 0 amide bonds. The normalized spacial score (nSPS) is 34.4. The van der Waals surface area contributed by atoms with Crippen LogP contribution in [0, 0.1) is 0 Å². The summed E-state index contributed by atoms with van der Waals surface area (Å²) in [7, 11) is 0. The van der Waals surface area contributed by atoms with Crippen LogP contribution in [0.4, 0.5) is 0 Å². The standard InChI is InChI=1S/C10H18N2O/c1-10(5-7-13-8-10)12-9-4-2-3-6-11-9/h2-8H2,1H3,(H,11,12). The van der Waals surface area contributed by atoms with Crippen molar-refractivity contribution in [1.29, 1.82) is 0 Å². The Bertz CT molecular complexity index is 207. The van der Waals surface area contributed by atoms with Gasteiger partial charge < -0.3 is 10.1 Å². The number of aliphatic imine (C=N–C) groups is 1. The number of nitrogens with one attached hydrogen (secondary N) is 1. The second-order valence-electron chi connectivity index (χ2n) is 4.27. The van der Waals surface area contributed by atoms with Crippen molar-refractivity contribution in [2.24, 2.45) is 4.99 Å². The Kier molecular flexibility index (Phi) is 2.54. The van der Waals surface area contributed by atoms with E-state index < -0.39 is 0 Å². The molecule has 0 aromatic rings. The predicted molar refractivity (Wildman–Crippen MR) is 53.1 cm³/mol. The van der Waals surface area contributed by atoms with E-state index in [9.17, 15) is 0 Å². The zero-order valence-corrected chi connectivity index (χ0v) is 8.31. The van der Waals surface area contributed by atoms with Gasteiger partial charge in [-0.2, -0.15) is 0 Å². The highest BCUT2D eigenvalue weighted by Gasteiger charge is 2.30. The van der Waals surface area contributed by atoms with E-state index in [0.717, 1.165) is 32.6 Å². The largest absolute Gasteiger partial charge is 0.379 e. The third-order valence-electron chi connectivity index (χ3n) is 2.79. The van der Waals surface area contributed by atoms with E-state index in [1.807, 2.05) is 0 Å². The Labute approximate surface area is 79.6 Å². The van der Waals surface area contributed by atoms with Crippen LogP contribution in [0.1, 0.15) is 32.6 Å². The third-order valence-corrected chi connectivity index (χ3v) is 2.79. The van der Waals surface area contributed by atoms with Crippen LogP contribution in [0.25, 0.3) is 0 Å². The van der Waals surface area contributed by atoms with Crippen molar-refractivity contribution in [2.75, 3.05) is 19.8 Å². The van der Waals surface area contributed by atoms with Gasteiger partial charge >= 0.3 is 0 Å². The SMILES string of the molecule is CC1(NC2=NCCCC2)CCOC1. The van der Waals surface area contributed by atoms with Gasteiger partial charge in [0.1, 0.15) is 0 Å². The minimum Gasteiger partial charge on any atom is -0.379 e. The second kappa shape index (κ2) is 3.66. The van der Waals surface area contributed by atoms with Crippen LogP contribution in [0.3, 0.4) is 0 Å². The summed E-state index contributed by atoms with van der Waals surface area (Å²) in [5.74, 6) is 1.19. The molecular weight excluding hydrogens is 164 g/mol. The summed E-state index contributed by atoms with van der Waals surface area (Å²) >= 11 is 0. The molecule has 0 radical (unpaired) electrons. The van der Waals surface area contributed by atoms with Crippen molar-refractivity contribution in [3.63, 3.8) is 0 Å². The summed E-state index contributed by atoms with van der Waals surface area (Å²) in [6.45, 7) is 4.93. The molecule has 2 aliphatic rings. The van der Waals surface area contributed by atoms with E-state index in [1.165, 1.54) is 18.7 Å². The van der Waals surface area contributed by atoms with Crippen molar-refractivity contribution in [1.82, 2.24) is 5.32 Å². The molecule has 74 valence electrons. The van der Waals surface area contributed by atoms with Crippen LogP contribution in [-0.2, 0) is 4.74 Å². The lowest BCUT2D eigenvalue weighted by Crippen LogP contribution is -2.47. The van der Waals surface area contributed by atoms with E-state index >= 15 is 0 Å². The minimum absolute atomic E-state index is 0.149. The molecule has 0 aromatic heterocycles. The number of hydrogen-bond donors (Lipinski definition) is 1. The number of nitrogens with zero attached hydrogens (tertiary/aromatic N) is 1. The van der Waals surface area contributed by atoms with Crippen molar-refractivity contribution in [3.8, 4) is 0 Å². The lowest BCUT2D eigenvalue weighted by molar-refractivity contribution is 0.177. The van der Waals surface area contributed by atoms with Crippen molar-refractivity contribution < 1.29 is 4.74 Å². The summed E-state index contributed by atoms with van der Waals surface area (Å²) in [6.07, 6.45) is 4.75. The molecule has 2 aliphatic heterocycles. The van der Waals surface area contributed by atoms with Crippen molar-refractivity contribution in [2.45, 2.75) is 38.1 Å². The highest BCUT2D eigenvalue weighted by molar-refractivity contribution is 5.83. The zero-order chi connectivity index (χ0) is 9.15. The number of rotatable bonds is 1. The first-order chi connectivity index (χ1) is 6.29. The molecule has 1 fully saturated rings. The highest BCUT2D eigenvalue weighted by Crippen LogP contribution is 2.18. The third kappa shape index (κ3) is 2.21. The van der Waals surface area contributed by atoms with Gasteiger partial charge in [-0.25, -0.2) is 0 Å². The van der Waals surface area contributed by atoms with Gasteiger partial charge in [-0.3, -0.25) is 4.99 Å². The molecule has 0 aromatic carbocycles. The molecular formula is C10H18N2O. The molecule has 0 aliphatic carbocycles. The van der Waals surface area contributed by atoms with Crippen LogP contribution in [0.15, 0.2) is 4.99 Å². The molecule has 0 spiro atoms. The maximum atomic E-state index is 5.38. The Hall–Kier alpha value is -0.570. The summed E-state index contributed by atoms with van der Waals surface area (Å²) in [5.41, 5.74) is 0.149. The highest BCUT2D eigenvalue weighted by atomic mass is 16.5. The van der Waals surface area contributed by atoms with Crippen LogP contribution in [-0.4, -0.2) is 31.1 Å². The van der Waals surface area contributed by atoms with Gasteiger partial charge in [0.05, 0.1) is 18.0 Å². The van der Waals surface area contributed by atoms with E-state index in [1.54, 1.807) is 0 Å². The molecule has 1 N–H and O–H groups in total. The Morgan fingerprint density at radius 1 is 1.46 bits per heavy atom. The Balaban J connectivity index is 1.92. The fourth-order valence-corrected chi connectivity index (χ4v) is 1.91. The zero-order valence-electron chi connectivity index (χ0n) is 8.31. The maximum absolute atomic E-state index is 5.38. The Morgan fingerprint density at radius 2 is 2.38 bits per heavy atom. The monoisotopic (exact) mass is 182 g/mol. The first-order valence-corrected chi connectivity index (χ1v) is 5.18. The van der Waals surface area contributed by atoms with Crippen LogP contribution >= 0.6 is 0 Å². The summed E-state index contributed by atoms with van der Waals surface area (Å²) in [6, 6.07) is 0. The summed E-state index contributed by atoms with van der Waals surface area (Å²) in [4.78, 5) is 4.49. The molecule has 2 heterocycles. The van der Waals surface area contributed by atoms with Gasteiger partial charge in [-0.05, 0) is 26.2 Å².